The van der Waals surface area contributed by atoms with Gasteiger partial charge in [0.2, 0.25) is 0 Å². The van der Waals surface area contributed by atoms with E-state index in [0.717, 1.165) is 12.1 Å². The summed E-state index contributed by atoms with van der Waals surface area (Å²) in [6, 6.07) is 19.5. The van der Waals surface area contributed by atoms with Crippen molar-refractivity contribution in [2.45, 2.75) is 82.5 Å². The minimum absolute atomic E-state index is 0.137. The molecular weight excluding hydrogens is 877 g/mol. The van der Waals surface area contributed by atoms with E-state index in [9.17, 15) is 0 Å². The maximum Gasteiger partial charge on any atom is 0.420 e. The quantitative estimate of drug-likeness (QED) is 0.0946. The van der Waals surface area contributed by atoms with Crippen molar-refractivity contribution in [1.29, 1.82) is 0 Å². The zero-order chi connectivity index (χ0) is 47.3. The van der Waals surface area contributed by atoms with E-state index in [-0.39, 0.29) is 69.1 Å². The van der Waals surface area contributed by atoms with Gasteiger partial charge in [0, 0.05) is 11.4 Å². The van der Waals surface area contributed by atoms with Gasteiger partial charge in [-0.15, -0.1) is 0 Å². The molecule has 6 aromatic carbocycles. The summed E-state index contributed by atoms with van der Waals surface area (Å²) in [6.07, 6.45) is -20.1. The van der Waals surface area contributed by atoms with E-state index in [1.807, 2.05) is 13.8 Å². The Hall–Kier alpha value is -6.32. The molecule has 7 rings (SSSR count). The van der Waals surface area contributed by atoms with Gasteiger partial charge in [-0.25, -0.2) is 0 Å². The summed E-state index contributed by atoms with van der Waals surface area (Å²) < 4.78 is 197. The minimum atomic E-state index is -5.64. The van der Waals surface area contributed by atoms with Gasteiger partial charge in [0.05, 0.1) is 27.7 Å². The Bertz CT molecular complexity index is 2480. The minimum Gasteiger partial charge on any atom is -0.456 e. The van der Waals surface area contributed by atoms with Crippen molar-refractivity contribution in [1.82, 2.24) is 0 Å². The molecule has 0 unspecified atom stereocenters. The second-order valence-electron chi connectivity index (χ2n) is 15.8. The Labute approximate surface area is 365 Å². The number of nitrogen functional groups attached to an aromatic ring is 2. The first kappa shape index (κ1) is 46.7. The molecule has 4 nitrogen and oxygen atoms in total. The molecular formula is C49H40F12N2O2. The van der Waals surface area contributed by atoms with Gasteiger partial charge >= 0.3 is 24.7 Å². The number of benzene rings is 6. The molecule has 0 spiro atoms. The van der Waals surface area contributed by atoms with Crippen molar-refractivity contribution in [3.63, 3.8) is 0 Å². The van der Waals surface area contributed by atoms with Gasteiger partial charge in [0.1, 0.15) is 11.5 Å². The molecule has 0 atom stereocenters. The summed E-state index contributed by atoms with van der Waals surface area (Å²) in [5, 5.41) is 0. The van der Waals surface area contributed by atoms with Crippen LogP contribution in [0.4, 0.5) is 64.1 Å². The van der Waals surface area contributed by atoms with Gasteiger partial charge in [0.25, 0.3) is 0 Å². The van der Waals surface area contributed by atoms with Crippen LogP contribution in [0.3, 0.4) is 0 Å². The van der Waals surface area contributed by atoms with Crippen molar-refractivity contribution in [3.8, 4) is 34.1 Å². The first-order chi connectivity index (χ1) is 30.5. The smallest absolute Gasteiger partial charge is 0.420 e. The van der Waals surface area contributed by atoms with Crippen LogP contribution in [0.1, 0.15) is 95.2 Å². The highest BCUT2D eigenvalue weighted by Crippen LogP contribution is 2.60. The fourth-order valence-electron chi connectivity index (χ4n) is 8.52. The monoisotopic (exact) mass is 916 g/mol. The van der Waals surface area contributed by atoms with E-state index in [1.54, 1.807) is 0 Å². The lowest BCUT2D eigenvalue weighted by atomic mass is 9.66. The van der Waals surface area contributed by atoms with Crippen molar-refractivity contribution in [3.05, 3.63) is 165 Å². The molecule has 0 aromatic heterocycles. The van der Waals surface area contributed by atoms with E-state index in [2.05, 4.69) is 0 Å². The maximum atomic E-state index is 15.5. The van der Waals surface area contributed by atoms with Crippen LogP contribution in [-0.2, 0) is 43.0 Å². The number of hydrogen-bond acceptors (Lipinski definition) is 4. The molecule has 0 saturated carbocycles. The number of alkyl halides is 12. The summed E-state index contributed by atoms with van der Waals surface area (Å²) in [5.41, 5.74) is -0.0988. The molecule has 0 heterocycles. The normalized spacial score (nSPS) is 13.7. The van der Waals surface area contributed by atoms with Gasteiger partial charge in [-0.2, -0.15) is 52.7 Å². The van der Waals surface area contributed by atoms with Crippen molar-refractivity contribution in [2.24, 2.45) is 0 Å². The number of anilines is 2. The van der Waals surface area contributed by atoms with E-state index < -0.39 is 75.0 Å². The van der Waals surface area contributed by atoms with E-state index in [0.29, 0.717) is 49.9 Å². The highest BCUT2D eigenvalue weighted by atomic mass is 19.4. The predicted octanol–water partition coefficient (Wildman–Crippen LogP) is 15.6. The first-order valence-corrected chi connectivity index (χ1v) is 20.5. The van der Waals surface area contributed by atoms with Crippen LogP contribution < -0.4 is 20.9 Å². The van der Waals surface area contributed by atoms with Crippen LogP contribution in [0.25, 0.3) is 11.1 Å². The van der Waals surface area contributed by atoms with E-state index in [1.165, 1.54) is 72.8 Å². The zero-order valence-corrected chi connectivity index (χ0v) is 34.6. The zero-order valence-electron chi connectivity index (χ0n) is 34.6. The van der Waals surface area contributed by atoms with Crippen molar-refractivity contribution < 1.29 is 62.2 Å². The Morgan fingerprint density at radius 3 is 1.08 bits per heavy atom. The fourth-order valence-corrected chi connectivity index (χ4v) is 8.52. The van der Waals surface area contributed by atoms with Gasteiger partial charge in [-0.05, 0) is 131 Å². The van der Waals surface area contributed by atoms with Crippen LogP contribution in [0.2, 0.25) is 0 Å². The highest BCUT2D eigenvalue weighted by molar-refractivity contribution is 5.87. The Balaban J connectivity index is 1.62. The van der Waals surface area contributed by atoms with Crippen LogP contribution >= 0.6 is 0 Å². The molecule has 6 aromatic rings. The fraction of sp³-hybridized carbons (Fsp3) is 0.265. The predicted molar refractivity (Wildman–Crippen MR) is 223 cm³/mol. The van der Waals surface area contributed by atoms with Crippen LogP contribution in [0.15, 0.2) is 109 Å². The summed E-state index contributed by atoms with van der Waals surface area (Å²) in [7, 11) is 0. The molecule has 1 aliphatic carbocycles. The molecule has 342 valence electrons. The number of fused-ring (bicyclic) bond motifs is 3. The lowest BCUT2D eigenvalue weighted by Gasteiger charge is -2.36. The number of hydrogen-bond donors (Lipinski definition) is 2. The molecule has 1 aliphatic rings. The number of nitrogens with two attached hydrogens (primary N) is 2. The Morgan fingerprint density at radius 1 is 0.446 bits per heavy atom. The summed E-state index contributed by atoms with van der Waals surface area (Å²) in [5.74, 6) is -4.10. The average Bonchev–Trinajstić information content (AvgIpc) is 3.53. The topological polar surface area (TPSA) is 70.5 Å². The number of ether oxygens (including phenoxy) is 2. The standard InChI is InChI=1S/C49H40F12N2O2/c1-3-5-11-27-21-31(62)17-19-41(27)64-43-37(46(50,51)52)23-29(24-38(43)47(53,54)55)45(35-15-9-7-13-33(35)34-14-8-10-16-36(34)45)30-25-39(48(56,57)58)44(40(26-30)49(59,60)61)65-42-20-18-32(63)22-28(42)12-6-4-2/h7-10,13-26H,3-6,11-12,62-63H2,1-2H3. The van der Waals surface area contributed by atoms with Crippen LogP contribution in [0, 0.1) is 0 Å². The largest absolute Gasteiger partial charge is 0.456 e. The second kappa shape index (κ2) is 17.2. The van der Waals surface area contributed by atoms with Crippen molar-refractivity contribution in [2.75, 3.05) is 11.5 Å². The third kappa shape index (κ3) is 8.91. The van der Waals surface area contributed by atoms with Crippen LogP contribution in [-0.4, -0.2) is 0 Å². The molecule has 0 bridgehead atoms. The molecule has 0 fully saturated rings. The van der Waals surface area contributed by atoms with E-state index in [4.69, 9.17) is 20.9 Å². The van der Waals surface area contributed by atoms with Gasteiger partial charge in [-0.3, -0.25) is 0 Å². The third-order valence-corrected chi connectivity index (χ3v) is 11.4. The Kier molecular flexibility index (Phi) is 12.4. The van der Waals surface area contributed by atoms with Gasteiger partial charge < -0.3 is 20.9 Å². The lowest BCUT2D eigenvalue weighted by Crippen LogP contribution is -2.31. The molecule has 4 N–H and O–H groups in total. The van der Waals surface area contributed by atoms with E-state index >= 15 is 52.7 Å². The molecule has 0 aliphatic heterocycles. The third-order valence-electron chi connectivity index (χ3n) is 11.4. The van der Waals surface area contributed by atoms with Crippen molar-refractivity contribution >= 4 is 11.4 Å². The molecule has 0 amide bonds. The SMILES string of the molecule is CCCCc1cc(N)ccc1Oc1c(C(F)(F)F)cc(C2(c3cc(C(F)(F)F)c(Oc4ccc(N)cc4CCCC)c(C(F)(F)F)c3)c3ccccc3-c3ccccc32)cc1C(F)(F)F. The van der Waals surface area contributed by atoms with Gasteiger partial charge in [-0.1, -0.05) is 75.2 Å². The number of halogens is 12. The second-order valence-corrected chi connectivity index (χ2v) is 15.8. The molecule has 16 heteroatoms. The molecule has 0 saturated heterocycles. The number of unbranched alkanes of at least 4 members (excludes halogenated alkanes) is 2. The van der Waals surface area contributed by atoms with Crippen LogP contribution in [0.5, 0.6) is 23.0 Å². The Morgan fingerprint density at radius 2 is 0.769 bits per heavy atom. The first-order valence-electron chi connectivity index (χ1n) is 20.5. The highest BCUT2D eigenvalue weighted by Gasteiger charge is 2.53. The number of rotatable bonds is 12. The molecule has 65 heavy (non-hydrogen) atoms. The van der Waals surface area contributed by atoms with Gasteiger partial charge in [0.15, 0.2) is 11.5 Å². The number of aryl methyl sites for hydroxylation is 2. The summed E-state index contributed by atoms with van der Waals surface area (Å²) in [6.45, 7) is 3.62. The lowest BCUT2D eigenvalue weighted by molar-refractivity contribution is -0.146. The molecule has 0 radical (unpaired) electrons. The average molecular weight is 917 g/mol. The maximum absolute atomic E-state index is 15.5. The summed E-state index contributed by atoms with van der Waals surface area (Å²) in [4.78, 5) is 0. The summed E-state index contributed by atoms with van der Waals surface area (Å²) >= 11 is 0.